The number of hydrogen-bond acceptors (Lipinski definition) is 2. The third-order valence-corrected chi connectivity index (χ3v) is 4.28. The van der Waals surface area contributed by atoms with Gasteiger partial charge in [0.1, 0.15) is 5.75 Å². The molecule has 0 aromatic heterocycles. The van der Waals surface area contributed by atoms with Crippen molar-refractivity contribution < 1.29 is 9.53 Å². The van der Waals surface area contributed by atoms with E-state index < -0.39 is 0 Å². The van der Waals surface area contributed by atoms with Crippen LogP contribution in [0.5, 0.6) is 5.75 Å². The van der Waals surface area contributed by atoms with Crippen molar-refractivity contribution in [2.75, 3.05) is 13.2 Å². The van der Waals surface area contributed by atoms with Gasteiger partial charge in [0.05, 0.1) is 6.61 Å². The lowest BCUT2D eigenvalue weighted by Crippen LogP contribution is -2.22. The zero-order valence-corrected chi connectivity index (χ0v) is 13.4. The predicted molar refractivity (Wildman–Crippen MR) is 90.2 cm³/mol. The molecular weight excluding hydrogens is 274 g/mol. The lowest BCUT2D eigenvalue weighted by atomic mass is 9.84. The largest absolute Gasteiger partial charge is 0.493 e. The van der Waals surface area contributed by atoms with Gasteiger partial charge in [0.15, 0.2) is 0 Å². The topological polar surface area (TPSA) is 38.3 Å². The van der Waals surface area contributed by atoms with Crippen molar-refractivity contribution >= 4 is 5.91 Å². The van der Waals surface area contributed by atoms with Crippen LogP contribution in [-0.2, 0) is 4.79 Å². The van der Waals surface area contributed by atoms with E-state index in [9.17, 15) is 4.79 Å². The molecule has 2 rings (SSSR count). The zero-order chi connectivity index (χ0) is 15.6. The van der Waals surface area contributed by atoms with Crippen molar-refractivity contribution in [3.05, 3.63) is 42.5 Å². The summed E-state index contributed by atoms with van der Waals surface area (Å²) in [5.41, 5.74) is 1.38. The second-order valence-electron chi connectivity index (χ2n) is 5.92. The highest BCUT2D eigenvalue weighted by Gasteiger charge is 2.18. The molecule has 1 saturated carbocycles. The summed E-state index contributed by atoms with van der Waals surface area (Å²) in [7, 11) is 0. The molecule has 0 bridgehead atoms. The van der Waals surface area contributed by atoms with Crippen LogP contribution in [0.3, 0.4) is 0 Å². The maximum Gasteiger partial charge on any atom is 0.243 e. The molecule has 0 unspecified atom stereocenters. The van der Waals surface area contributed by atoms with Gasteiger partial charge in [-0.15, -0.1) is 0 Å². The van der Waals surface area contributed by atoms with Gasteiger partial charge in [0.25, 0.3) is 0 Å². The molecule has 0 spiro atoms. The SMILES string of the molecule is C=CC(=O)NCCCCOc1ccccc1C1CCCCC1. The number of hydrogen-bond donors (Lipinski definition) is 1. The molecule has 22 heavy (non-hydrogen) atoms. The molecule has 0 radical (unpaired) electrons. The van der Waals surface area contributed by atoms with Gasteiger partial charge in [0, 0.05) is 6.54 Å². The minimum atomic E-state index is -0.108. The molecule has 3 heteroatoms. The van der Waals surface area contributed by atoms with Gasteiger partial charge in [-0.1, -0.05) is 44.0 Å². The van der Waals surface area contributed by atoms with Crippen LogP contribution in [-0.4, -0.2) is 19.1 Å². The van der Waals surface area contributed by atoms with Crippen molar-refractivity contribution in [2.24, 2.45) is 0 Å². The smallest absolute Gasteiger partial charge is 0.243 e. The molecule has 120 valence electrons. The lowest BCUT2D eigenvalue weighted by Gasteiger charge is -2.24. The summed E-state index contributed by atoms with van der Waals surface area (Å²) >= 11 is 0. The first-order valence-electron chi connectivity index (χ1n) is 8.43. The van der Waals surface area contributed by atoms with Crippen LogP contribution >= 0.6 is 0 Å². The maximum atomic E-state index is 11.0. The molecule has 3 nitrogen and oxygen atoms in total. The van der Waals surface area contributed by atoms with Crippen LogP contribution in [0.1, 0.15) is 56.4 Å². The van der Waals surface area contributed by atoms with Crippen molar-refractivity contribution in [1.82, 2.24) is 5.32 Å². The highest BCUT2D eigenvalue weighted by atomic mass is 16.5. The Balaban J connectivity index is 1.75. The van der Waals surface area contributed by atoms with Crippen LogP contribution < -0.4 is 10.1 Å². The van der Waals surface area contributed by atoms with E-state index >= 15 is 0 Å². The maximum absolute atomic E-state index is 11.0. The van der Waals surface area contributed by atoms with Crippen molar-refractivity contribution in [2.45, 2.75) is 50.9 Å². The quantitative estimate of drug-likeness (QED) is 0.577. The van der Waals surface area contributed by atoms with Crippen LogP contribution in [0.2, 0.25) is 0 Å². The third-order valence-electron chi connectivity index (χ3n) is 4.28. The molecule has 0 atom stereocenters. The summed E-state index contributed by atoms with van der Waals surface area (Å²) in [6.07, 6.45) is 9.78. The van der Waals surface area contributed by atoms with Gasteiger partial charge in [0.2, 0.25) is 5.91 Å². The van der Waals surface area contributed by atoms with E-state index in [1.807, 2.05) is 6.07 Å². The summed E-state index contributed by atoms with van der Waals surface area (Å²) in [5.74, 6) is 1.60. The minimum Gasteiger partial charge on any atom is -0.493 e. The van der Waals surface area contributed by atoms with E-state index in [-0.39, 0.29) is 5.91 Å². The number of carbonyl (C=O) groups is 1. The van der Waals surface area contributed by atoms with Gasteiger partial charge in [-0.3, -0.25) is 4.79 Å². The van der Waals surface area contributed by atoms with Gasteiger partial charge < -0.3 is 10.1 Å². The number of benzene rings is 1. The highest BCUT2D eigenvalue weighted by Crippen LogP contribution is 2.37. The van der Waals surface area contributed by atoms with Crippen molar-refractivity contribution in [3.8, 4) is 5.75 Å². The van der Waals surface area contributed by atoms with Crippen molar-refractivity contribution in [3.63, 3.8) is 0 Å². The number of amides is 1. The first kappa shape index (κ1) is 16.6. The molecule has 1 aliphatic rings. The monoisotopic (exact) mass is 301 g/mol. The van der Waals surface area contributed by atoms with E-state index in [4.69, 9.17) is 4.74 Å². The fraction of sp³-hybridized carbons (Fsp3) is 0.526. The van der Waals surface area contributed by atoms with Gasteiger partial charge in [-0.2, -0.15) is 0 Å². The highest BCUT2D eigenvalue weighted by molar-refractivity contribution is 5.86. The molecule has 1 aromatic carbocycles. The Labute approximate surface area is 133 Å². The number of nitrogens with one attached hydrogen (secondary N) is 1. The molecule has 0 aliphatic heterocycles. The number of carbonyl (C=O) groups excluding carboxylic acids is 1. The number of unbranched alkanes of at least 4 members (excludes halogenated alkanes) is 1. The normalized spacial score (nSPS) is 15.3. The van der Waals surface area contributed by atoms with Gasteiger partial charge >= 0.3 is 0 Å². The molecule has 0 saturated heterocycles. The Bertz CT molecular complexity index is 478. The zero-order valence-electron chi connectivity index (χ0n) is 13.4. The molecule has 1 fully saturated rings. The second-order valence-corrected chi connectivity index (χ2v) is 5.92. The van der Waals surface area contributed by atoms with E-state index in [1.165, 1.54) is 43.7 Å². The number of rotatable bonds is 8. The predicted octanol–water partition coefficient (Wildman–Crippen LogP) is 4.20. The molecule has 1 amide bonds. The molecule has 1 N–H and O–H groups in total. The third kappa shape index (κ3) is 5.21. The molecule has 1 aliphatic carbocycles. The Kier molecular flexibility index (Phi) is 7.01. The number of ether oxygens (including phenoxy) is 1. The average Bonchev–Trinajstić information content (AvgIpc) is 2.59. The fourth-order valence-corrected chi connectivity index (χ4v) is 3.06. The van der Waals surface area contributed by atoms with Crippen molar-refractivity contribution in [1.29, 1.82) is 0 Å². The lowest BCUT2D eigenvalue weighted by molar-refractivity contribution is -0.116. The fourth-order valence-electron chi connectivity index (χ4n) is 3.06. The summed E-state index contributed by atoms with van der Waals surface area (Å²) in [6, 6.07) is 8.46. The standard InChI is InChI=1S/C19H27NO2/c1-2-19(21)20-14-8-9-15-22-18-13-7-6-12-17(18)16-10-4-3-5-11-16/h2,6-7,12-13,16H,1,3-5,8-11,14-15H2,(H,20,21). The summed E-state index contributed by atoms with van der Waals surface area (Å²) in [6.45, 7) is 4.81. The van der Waals surface area contributed by atoms with Gasteiger partial charge in [-0.25, -0.2) is 0 Å². The Hall–Kier alpha value is -1.77. The minimum absolute atomic E-state index is 0.108. The molecule has 1 aromatic rings. The Morgan fingerprint density at radius 2 is 2.00 bits per heavy atom. The first-order valence-corrected chi connectivity index (χ1v) is 8.43. The Morgan fingerprint density at radius 3 is 2.77 bits per heavy atom. The van der Waals surface area contributed by atoms with Crippen LogP contribution in [0, 0.1) is 0 Å². The van der Waals surface area contributed by atoms with E-state index in [0.717, 1.165) is 18.6 Å². The van der Waals surface area contributed by atoms with E-state index in [0.29, 0.717) is 19.1 Å². The van der Waals surface area contributed by atoms with E-state index in [2.05, 4.69) is 30.1 Å². The summed E-state index contributed by atoms with van der Waals surface area (Å²) in [5, 5.41) is 2.78. The van der Waals surface area contributed by atoms with Gasteiger partial charge in [-0.05, 0) is 49.3 Å². The van der Waals surface area contributed by atoms with Crippen LogP contribution in [0.15, 0.2) is 36.9 Å². The molecule has 0 heterocycles. The number of para-hydroxylation sites is 1. The average molecular weight is 301 g/mol. The first-order chi connectivity index (χ1) is 10.8. The van der Waals surface area contributed by atoms with Crippen LogP contribution in [0.4, 0.5) is 0 Å². The summed E-state index contributed by atoms with van der Waals surface area (Å²) < 4.78 is 5.99. The van der Waals surface area contributed by atoms with E-state index in [1.54, 1.807) is 0 Å². The molecular formula is C19H27NO2. The Morgan fingerprint density at radius 1 is 1.23 bits per heavy atom. The van der Waals surface area contributed by atoms with Crippen LogP contribution in [0.25, 0.3) is 0 Å². The second kappa shape index (κ2) is 9.29. The summed E-state index contributed by atoms with van der Waals surface area (Å²) in [4.78, 5) is 11.0.